The third kappa shape index (κ3) is 4.44. The average Bonchev–Trinajstić information content (AvgIpc) is 3.38. The number of fused-ring (bicyclic) bond motifs is 2. The second-order valence-electron chi connectivity index (χ2n) is 9.64. The van der Waals surface area contributed by atoms with E-state index in [9.17, 15) is 14.3 Å². The average molecular weight is 466 g/mol. The van der Waals surface area contributed by atoms with Gasteiger partial charge in [0.25, 0.3) is 0 Å². The molecule has 4 rings (SSSR count). The van der Waals surface area contributed by atoms with Crippen LogP contribution in [-0.4, -0.2) is 39.6 Å². The van der Waals surface area contributed by atoms with Gasteiger partial charge in [0.15, 0.2) is 0 Å². The first kappa shape index (κ1) is 24.0. The first-order valence-corrected chi connectivity index (χ1v) is 11.8. The summed E-state index contributed by atoms with van der Waals surface area (Å²) >= 11 is 0. The van der Waals surface area contributed by atoms with E-state index in [1.807, 2.05) is 0 Å². The summed E-state index contributed by atoms with van der Waals surface area (Å²) in [5, 5.41) is 18.8. The number of hydrogen-bond acceptors (Lipinski definition) is 3. The number of hydrogen-bond donors (Lipinski definition) is 2. The van der Waals surface area contributed by atoms with E-state index in [0.29, 0.717) is 13.0 Å². The zero-order valence-electron chi connectivity index (χ0n) is 20.2. The maximum atomic E-state index is 13.9. The molecule has 1 atom stereocenters. The Morgan fingerprint density at radius 1 is 1.24 bits per heavy atom. The second-order valence-corrected chi connectivity index (χ2v) is 9.64. The Kier molecular flexibility index (Phi) is 6.75. The van der Waals surface area contributed by atoms with Crippen molar-refractivity contribution in [1.29, 1.82) is 0 Å². The number of ether oxygens (including phenoxy) is 1. The summed E-state index contributed by atoms with van der Waals surface area (Å²) in [6.07, 6.45) is 4.24. The molecule has 0 spiro atoms. The molecule has 0 bridgehead atoms. The molecule has 180 valence electrons. The van der Waals surface area contributed by atoms with Crippen LogP contribution in [0.4, 0.5) is 4.39 Å². The molecule has 0 aliphatic rings. The molecule has 0 radical (unpaired) electrons. The second kappa shape index (κ2) is 9.58. The topological polar surface area (TPSA) is 80.1 Å². The molecule has 2 aromatic heterocycles. The highest BCUT2D eigenvalue weighted by atomic mass is 19.1. The van der Waals surface area contributed by atoms with Crippen molar-refractivity contribution in [2.45, 2.75) is 57.8 Å². The maximum Gasteiger partial charge on any atom is 0.303 e. The number of rotatable bonds is 10. The van der Waals surface area contributed by atoms with Gasteiger partial charge in [-0.3, -0.25) is 9.89 Å². The van der Waals surface area contributed by atoms with E-state index < -0.39 is 11.4 Å². The van der Waals surface area contributed by atoms with Gasteiger partial charge in [-0.25, -0.2) is 4.39 Å². The van der Waals surface area contributed by atoms with E-state index >= 15 is 0 Å². The SMILES string of the molecule is CCCC(CCC(=O)O)c1c(C(C)(C)COC)n(-c2ccc(F)cc2)c2cc3cn[nH]c3cc12. The summed E-state index contributed by atoms with van der Waals surface area (Å²) in [4.78, 5) is 11.5. The van der Waals surface area contributed by atoms with Crippen LogP contribution >= 0.6 is 0 Å². The Hall–Kier alpha value is -3.19. The minimum Gasteiger partial charge on any atom is -0.481 e. The summed E-state index contributed by atoms with van der Waals surface area (Å²) in [7, 11) is 1.69. The highest BCUT2D eigenvalue weighted by Gasteiger charge is 2.34. The van der Waals surface area contributed by atoms with Gasteiger partial charge in [0.05, 0.1) is 23.8 Å². The van der Waals surface area contributed by atoms with Gasteiger partial charge in [-0.05, 0) is 60.7 Å². The predicted octanol–water partition coefficient (Wildman–Crippen LogP) is 6.32. The highest BCUT2D eigenvalue weighted by Crippen LogP contribution is 2.44. The Balaban J connectivity index is 2.12. The number of carboxylic acid groups (broad SMARTS) is 1. The van der Waals surface area contributed by atoms with Crippen molar-refractivity contribution in [1.82, 2.24) is 14.8 Å². The first-order chi connectivity index (χ1) is 16.3. The lowest BCUT2D eigenvalue weighted by Gasteiger charge is -2.30. The Labute approximate surface area is 198 Å². The summed E-state index contributed by atoms with van der Waals surface area (Å²) in [6, 6.07) is 10.7. The van der Waals surface area contributed by atoms with Crippen molar-refractivity contribution in [3.05, 3.63) is 59.7 Å². The smallest absolute Gasteiger partial charge is 0.303 e. The number of carbonyl (C=O) groups is 1. The number of carboxylic acids is 1. The number of aromatic amines is 1. The maximum absolute atomic E-state index is 13.9. The molecule has 2 heterocycles. The zero-order valence-corrected chi connectivity index (χ0v) is 20.2. The van der Waals surface area contributed by atoms with Gasteiger partial charge in [0, 0.05) is 41.1 Å². The number of aromatic nitrogens is 3. The molecular formula is C27H32FN3O3. The lowest BCUT2D eigenvalue weighted by molar-refractivity contribution is -0.137. The van der Waals surface area contributed by atoms with Gasteiger partial charge in [-0.1, -0.05) is 27.2 Å². The Bertz CT molecular complexity index is 1300. The number of H-pyrrole nitrogens is 1. The fourth-order valence-corrected chi connectivity index (χ4v) is 5.20. The van der Waals surface area contributed by atoms with Crippen LogP contribution < -0.4 is 0 Å². The highest BCUT2D eigenvalue weighted by molar-refractivity contribution is 5.99. The van der Waals surface area contributed by atoms with Crippen molar-refractivity contribution in [2.75, 3.05) is 13.7 Å². The molecule has 0 aliphatic carbocycles. The van der Waals surface area contributed by atoms with E-state index in [-0.39, 0.29) is 18.2 Å². The van der Waals surface area contributed by atoms with E-state index in [0.717, 1.165) is 51.6 Å². The van der Waals surface area contributed by atoms with E-state index in [2.05, 4.69) is 47.7 Å². The molecule has 0 aliphatic heterocycles. The molecule has 1 unspecified atom stereocenters. The molecule has 4 aromatic rings. The lowest BCUT2D eigenvalue weighted by atomic mass is 9.80. The number of nitrogens with one attached hydrogen (secondary N) is 1. The Morgan fingerprint density at radius 2 is 1.97 bits per heavy atom. The van der Waals surface area contributed by atoms with Gasteiger partial charge >= 0.3 is 5.97 Å². The first-order valence-electron chi connectivity index (χ1n) is 11.8. The minimum atomic E-state index is -0.794. The normalized spacial score (nSPS) is 13.1. The third-order valence-electron chi connectivity index (χ3n) is 6.55. The molecule has 0 saturated heterocycles. The van der Waals surface area contributed by atoms with Crippen molar-refractivity contribution in [3.8, 4) is 5.69 Å². The predicted molar refractivity (Wildman–Crippen MR) is 132 cm³/mol. The van der Waals surface area contributed by atoms with Gasteiger partial charge in [-0.15, -0.1) is 0 Å². The fourth-order valence-electron chi connectivity index (χ4n) is 5.20. The molecule has 7 heteroatoms. The van der Waals surface area contributed by atoms with E-state index in [1.165, 1.54) is 12.1 Å². The molecule has 6 nitrogen and oxygen atoms in total. The summed E-state index contributed by atoms with van der Waals surface area (Å²) in [5.41, 5.74) is 4.59. The monoisotopic (exact) mass is 465 g/mol. The van der Waals surface area contributed by atoms with Gasteiger partial charge in [0.1, 0.15) is 5.82 Å². The van der Waals surface area contributed by atoms with Crippen LogP contribution in [0.3, 0.4) is 0 Å². The van der Waals surface area contributed by atoms with Crippen molar-refractivity contribution in [2.24, 2.45) is 0 Å². The molecular weight excluding hydrogens is 433 g/mol. The van der Waals surface area contributed by atoms with Crippen LogP contribution in [0.5, 0.6) is 0 Å². The van der Waals surface area contributed by atoms with Crippen molar-refractivity contribution < 1.29 is 19.0 Å². The number of benzene rings is 2. The van der Waals surface area contributed by atoms with Crippen molar-refractivity contribution in [3.63, 3.8) is 0 Å². The molecule has 0 amide bonds. The third-order valence-corrected chi connectivity index (χ3v) is 6.55. The number of aliphatic carboxylic acids is 1. The van der Waals surface area contributed by atoms with Gasteiger partial charge < -0.3 is 14.4 Å². The van der Waals surface area contributed by atoms with Crippen LogP contribution in [0.15, 0.2) is 42.6 Å². The van der Waals surface area contributed by atoms with Crippen molar-refractivity contribution >= 4 is 27.8 Å². The summed E-state index contributed by atoms with van der Waals surface area (Å²) in [6.45, 7) is 6.89. The van der Waals surface area contributed by atoms with Crippen LogP contribution in [0.2, 0.25) is 0 Å². The van der Waals surface area contributed by atoms with Crippen LogP contribution in [0, 0.1) is 5.82 Å². The largest absolute Gasteiger partial charge is 0.481 e. The summed E-state index contributed by atoms with van der Waals surface area (Å²) in [5.74, 6) is -1.03. The zero-order chi connectivity index (χ0) is 24.5. The number of methoxy groups -OCH3 is 1. The quantitative estimate of drug-likeness (QED) is 0.287. The van der Waals surface area contributed by atoms with Gasteiger partial charge in [-0.2, -0.15) is 5.10 Å². The lowest BCUT2D eigenvalue weighted by Crippen LogP contribution is -2.29. The van der Waals surface area contributed by atoms with E-state index in [1.54, 1.807) is 25.4 Å². The molecule has 34 heavy (non-hydrogen) atoms. The van der Waals surface area contributed by atoms with Crippen LogP contribution in [0.25, 0.3) is 27.5 Å². The number of nitrogens with zero attached hydrogens (tertiary/aromatic N) is 2. The Morgan fingerprint density at radius 3 is 2.62 bits per heavy atom. The summed E-state index contributed by atoms with van der Waals surface area (Å²) < 4.78 is 21.7. The standard InChI is InChI=1S/C27H32FN3O3/c1-5-6-17(7-12-24(32)33)25-21-14-22-18(15-29-30-22)13-23(21)31(20-10-8-19(28)9-11-20)26(25)27(2,3)16-34-4/h8-11,13-15,17H,5-7,12,16H2,1-4H3,(H,29,30)(H,32,33). The minimum absolute atomic E-state index is 0.0526. The van der Waals surface area contributed by atoms with Gasteiger partial charge in [0.2, 0.25) is 0 Å². The molecule has 2 N–H and O–H groups in total. The molecule has 2 aromatic carbocycles. The van der Waals surface area contributed by atoms with Crippen LogP contribution in [-0.2, 0) is 14.9 Å². The molecule has 0 saturated carbocycles. The van der Waals surface area contributed by atoms with Crippen LogP contribution in [0.1, 0.15) is 63.6 Å². The number of halogens is 1. The van der Waals surface area contributed by atoms with E-state index in [4.69, 9.17) is 4.74 Å². The molecule has 0 fully saturated rings. The fraction of sp³-hybridized carbons (Fsp3) is 0.407.